The molecule has 0 aromatic carbocycles. The Kier molecular flexibility index (Phi) is 3.87. The Morgan fingerprint density at radius 3 is 2.50 bits per heavy atom. The van der Waals surface area contributed by atoms with Crippen LogP contribution in [-0.2, 0) is 4.79 Å². The Morgan fingerprint density at radius 1 is 1.88 bits per heavy atom. The quantitative estimate of drug-likeness (QED) is 0.628. The molecule has 0 saturated carbocycles. The van der Waals surface area contributed by atoms with Crippen molar-refractivity contribution in [2.45, 2.75) is 19.9 Å². The Balaban J connectivity index is 3.24. The molecule has 3 heteroatoms. The molecular formula is C5H10BrNO. The predicted molar refractivity (Wildman–Crippen MR) is 37.1 cm³/mol. The number of nitrogens with one attached hydrogen (secondary N) is 1. The van der Waals surface area contributed by atoms with E-state index in [0.29, 0.717) is 0 Å². The number of halogens is 1. The maximum absolute atomic E-state index is 10.3. The lowest BCUT2D eigenvalue weighted by atomic mass is 10.4. The van der Waals surface area contributed by atoms with E-state index in [1.54, 1.807) is 0 Å². The van der Waals surface area contributed by atoms with Crippen molar-refractivity contribution in [3.8, 4) is 0 Å². The number of carbonyl (C=O) groups excluding carboxylic acids is 1. The number of rotatable bonds is 2. The lowest BCUT2D eigenvalue weighted by molar-refractivity contribution is -0.119. The van der Waals surface area contributed by atoms with E-state index in [1.165, 1.54) is 6.92 Å². The highest BCUT2D eigenvalue weighted by Gasteiger charge is 1.97. The van der Waals surface area contributed by atoms with Gasteiger partial charge in [0.2, 0.25) is 5.91 Å². The maximum Gasteiger partial charge on any atom is 0.217 e. The van der Waals surface area contributed by atoms with Crippen LogP contribution in [-0.4, -0.2) is 17.3 Å². The zero-order chi connectivity index (χ0) is 6.57. The molecule has 0 radical (unpaired) electrons. The predicted octanol–water partition coefficient (Wildman–Crippen LogP) is 0.906. The molecule has 0 rings (SSSR count). The lowest BCUT2D eigenvalue weighted by Gasteiger charge is -2.06. The number of hydrogen-bond donors (Lipinski definition) is 1. The number of alkyl halides is 1. The van der Waals surface area contributed by atoms with Crippen molar-refractivity contribution in [3.05, 3.63) is 0 Å². The van der Waals surface area contributed by atoms with Crippen LogP contribution in [0.15, 0.2) is 0 Å². The molecular weight excluding hydrogens is 170 g/mol. The minimum absolute atomic E-state index is 0.0250. The van der Waals surface area contributed by atoms with Crippen LogP contribution in [0.1, 0.15) is 13.8 Å². The molecule has 1 unspecified atom stereocenters. The summed E-state index contributed by atoms with van der Waals surface area (Å²) in [6.07, 6.45) is 0. The van der Waals surface area contributed by atoms with Gasteiger partial charge < -0.3 is 5.32 Å². The van der Waals surface area contributed by atoms with Gasteiger partial charge in [-0.15, -0.1) is 0 Å². The lowest BCUT2D eigenvalue weighted by Crippen LogP contribution is -2.31. The minimum Gasteiger partial charge on any atom is -0.353 e. The third kappa shape index (κ3) is 4.12. The molecule has 48 valence electrons. The van der Waals surface area contributed by atoms with Gasteiger partial charge in [-0.2, -0.15) is 0 Å². The standard InChI is InChI=1S/C5H10BrNO/c1-4(3-6)7-5(2)8/h4H,3H2,1-2H3,(H,7,8). The second-order valence-electron chi connectivity index (χ2n) is 1.76. The Labute approximate surface area is 57.8 Å². The van der Waals surface area contributed by atoms with E-state index < -0.39 is 0 Å². The second-order valence-corrected chi connectivity index (χ2v) is 2.40. The third-order valence-corrected chi connectivity index (χ3v) is 1.65. The van der Waals surface area contributed by atoms with Crippen LogP contribution < -0.4 is 5.32 Å². The fourth-order valence-electron chi connectivity index (χ4n) is 0.386. The van der Waals surface area contributed by atoms with Gasteiger partial charge >= 0.3 is 0 Å². The molecule has 0 aliphatic rings. The summed E-state index contributed by atoms with van der Waals surface area (Å²) in [6, 6.07) is 0.243. The molecule has 0 aromatic rings. The largest absolute Gasteiger partial charge is 0.353 e. The Hall–Kier alpha value is -0.0500. The van der Waals surface area contributed by atoms with Crippen molar-refractivity contribution in [1.82, 2.24) is 5.32 Å². The van der Waals surface area contributed by atoms with E-state index in [0.717, 1.165) is 5.33 Å². The van der Waals surface area contributed by atoms with Crippen LogP contribution in [0.25, 0.3) is 0 Å². The van der Waals surface area contributed by atoms with Crippen LogP contribution in [0.3, 0.4) is 0 Å². The van der Waals surface area contributed by atoms with E-state index in [9.17, 15) is 4.79 Å². The van der Waals surface area contributed by atoms with E-state index in [-0.39, 0.29) is 11.9 Å². The highest BCUT2D eigenvalue weighted by molar-refractivity contribution is 9.09. The molecule has 0 heterocycles. The molecule has 0 fully saturated rings. The zero-order valence-electron chi connectivity index (χ0n) is 5.07. The van der Waals surface area contributed by atoms with Gasteiger partial charge in [-0.1, -0.05) is 15.9 Å². The van der Waals surface area contributed by atoms with Crippen molar-refractivity contribution in [1.29, 1.82) is 0 Å². The molecule has 0 aromatic heterocycles. The smallest absolute Gasteiger partial charge is 0.217 e. The van der Waals surface area contributed by atoms with Gasteiger partial charge in [0.15, 0.2) is 0 Å². The molecule has 2 nitrogen and oxygen atoms in total. The van der Waals surface area contributed by atoms with Gasteiger partial charge in [-0.05, 0) is 6.92 Å². The SMILES string of the molecule is CC(=O)NC(C)CBr. The summed E-state index contributed by atoms with van der Waals surface area (Å²) in [7, 11) is 0. The zero-order valence-corrected chi connectivity index (χ0v) is 6.66. The molecule has 1 amide bonds. The summed E-state index contributed by atoms with van der Waals surface area (Å²) in [5.74, 6) is 0.0250. The Morgan fingerprint density at radius 2 is 2.38 bits per heavy atom. The molecule has 1 atom stereocenters. The van der Waals surface area contributed by atoms with E-state index in [2.05, 4.69) is 21.2 Å². The van der Waals surface area contributed by atoms with Gasteiger partial charge in [0.25, 0.3) is 0 Å². The molecule has 1 N–H and O–H groups in total. The minimum atomic E-state index is 0.0250. The van der Waals surface area contributed by atoms with Crippen LogP contribution in [0.5, 0.6) is 0 Å². The summed E-state index contributed by atoms with van der Waals surface area (Å²) >= 11 is 3.23. The van der Waals surface area contributed by atoms with Crippen molar-refractivity contribution in [3.63, 3.8) is 0 Å². The number of amides is 1. The van der Waals surface area contributed by atoms with Crippen LogP contribution in [0.2, 0.25) is 0 Å². The van der Waals surface area contributed by atoms with Crippen molar-refractivity contribution >= 4 is 21.8 Å². The first-order chi connectivity index (χ1) is 3.66. The van der Waals surface area contributed by atoms with Crippen LogP contribution in [0.4, 0.5) is 0 Å². The second kappa shape index (κ2) is 3.89. The molecule has 0 saturated heterocycles. The molecule has 0 aliphatic heterocycles. The molecule has 0 bridgehead atoms. The normalized spacial score (nSPS) is 12.9. The monoisotopic (exact) mass is 179 g/mol. The summed E-state index contributed by atoms with van der Waals surface area (Å²) < 4.78 is 0. The fourth-order valence-corrected chi connectivity index (χ4v) is 0.547. The molecule has 8 heavy (non-hydrogen) atoms. The summed E-state index contributed by atoms with van der Waals surface area (Å²) in [5.41, 5.74) is 0. The van der Waals surface area contributed by atoms with E-state index in [1.807, 2.05) is 6.92 Å². The number of hydrogen-bond acceptors (Lipinski definition) is 1. The van der Waals surface area contributed by atoms with Crippen LogP contribution >= 0.6 is 15.9 Å². The average molecular weight is 180 g/mol. The van der Waals surface area contributed by atoms with Gasteiger partial charge in [-0.3, -0.25) is 4.79 Å². The van der Waals surface area contributed by atoms with Crippen LogP contribution in [0, 0.1) is 0 Å². The first-order valence-electron chi connectivity index (χ1n) is 2.50. The van der Waals surface area contributed by atoms with Gasteiger partial charge in [-0.25, -0.2) is 0 Å². The summed E-state index contributed by atoms with van der Waals surface area (Å²) in [4.78, 5) is 10.3. The molecule has 0 spiro atoms. The first kappa shape index (κ1) is 7.95. The summed E-state index contributed by atoms with van der Waals surface area (Å²) in [5, 5.41) is 3.52. The van der Waals surface area contributed by atoms with E-state index in [4.69, 9.17) is 0 Å². The number of carbonyl (C=O) groups is 1. The third-order valence-electron chi connectivity index (χ3n) is 0.681. The molecule has 0 aliphatic carbocycles. The fraction of sp³-hybridized carbons (Fsp3) is 0.800. The van der Waals surface area contributed by atoms with E-state index >= 15 is 0 Å². The van der Waals surface area contributed by atoms with Gasteiger partial charge in [0, 0.05) is 18.3 Å². The maximum atomic E-state index is 10.3. The average Bonchev–Trinajstić information content (AvgIpc) is 1.65. The van der Waals surface area contributed by atoms with Crippen molar-refractivity contribution in [2.24, 2.45) is 0 Å². The van der Waals surface area contributed by atoms with Gasteiger partial charge in [0.1, 0.15) is 0 Å². The topological polar surface area (TPSA) is 29.1 Å². The summed E-state index contributed by atoms with van der Waals surface area (Å²) in [6.45, 7) is 3.45. The highest BCUT2D eigenvalue weighted by atomic mass is 79.9. The van der Waals surface area contributed by atoms with Gasteiger partial charge in [0.05, 0.1) is 0 Å². The van der Waals surface area contributed by atoms with Crippen molar-refractivity contribution < 1.29 is 4.79 Å². The first-order valence-corrected chi connectivity index (χ1v) is 3.62. The van der Waals surface area contributed by atoms with Crippen molar-refractivity contribution in [2.75, 3.05) is 5.33 Å². The Bertz CT molecular complexity index is 84.5. The highest BCUT2D eigenvalue weighted by Crippen LogP contribution is 1.86.